The van der Waals surface area contributed by atoms with E-state index in [2.05, 4.69) is 24.5 Å². The number of hydrogen-bond acceptors (Lipinski definition) is 6. The van der Waals surface area contributed by atoms with Crippen LogP contribution in [0.2, 0.25) is 0 Å². The number of aromatic nitrogens is 3. The van der Waals surface area contributed by atoms with Crippen molar-refractivity contribution in [1.82, 2.24) is 19.7 Å². The first-order chi connectivity index (χ1) is 17.0. The number of nitrogens with one attached hydrogen (secondary N) is 1. The second kappa shape index (κ2) is 8.60. The van der Waals surface area contributed by atoms with Gasteiger partial charge in [0.15, 0.2) is 11.7 Å². The van der Waals surface area contributed by atoms with E-state index in [1.54, 1.807) is 24.3 Å². The van der Waals surface area contributed by atoms with Crippen LogP contribution in [0.15, 0.2) is 57.8 Å². The number of aryl methyl sites for hydroxylation is 1. The molecule has 0 radical (unpaired) electrons. The zero-order valence-corrected chi connectivity index (χ0v) is 20.0. The highest BCUT2D eigenvalue weighted by Crippen LogP contribution is 2.31. The SMILES string of the molecule is O=C(Nc1ccc(-c2nnc3n2CCCCC3)cc1)[C@@H]1CCCN1C1=NS(=O)(=O)c2ccccc21. The Kier molecular flexibility index (Phi) is 5.40. The van der Waals surface area contributed by atoms with Gasteiger partial charge in [-0.05, 0) is 62.1 Å². The number of anilines is 1. The minimum Gasteiger partial charge on any atom is -0.343 e. The minimum atomic E-state index is -3.73. The predicted octanol–water partition coefficient (Wildman–Crippen LogP) is 3.22. The lowest BCUT2D eigenvalue weighted by molar-refractivity contribution is -0.119. The number of rotatable bonds is 3. The molecule has 2 aromatic carbocycles. The van der Waals surface area contributed by atoms with Crippen molar-refractivity contribution in [2.45, 2.75) is 56.0 Å². The molecular formula is C25H26N6O3S. The molecule has 4 heterocycles. The molecule has 1 saturated heterocycles. The Bertz CT molecular complexity index is 1430. The van der Waals surface area contributed by atoms with Gasteiger partial charge in [0, 0.05) is 36.3 Å². The maximum absolute atomic E-state index is 13.2. The molecule has 3 aliphatic rings. The number of sulfonamides is 1. The van der Waals surface area contributed by atoms with Crippen LogP contribution in [0, 0.1) is 0 Å². The summed E-state index contributed by atoms with van der Waals surface area (Å²) < 4.78 is 31.2. The highest BCUT2D eigenvalue weighted by atomic mass is 32.2. The summed E-state index contributed by atoms with van der Waals surface area (Å²) in [6.07, 6.45) is 5.85. The van der Waals surface area contributed by atoms with Crippen LogP contribution in [0.4, 0.5) is 5.69 Å². The van der Waals surface area contributed by atoms with Gasteiger partial charge in [-0.25, -0.2) is 0 Å². The molecule has 0 saturated carbocycles. The Morgan fingerprint density at radius 2 is 1.77 bits per heavy atom. The van der Waals surface area contributed by atoms with E-state index in [0.29, 0.717) is 30.1 Å². The summed E-state index contributed by atoms with van der Waals surface area (Å²) in [5.41, 5.74) is 2.21. The molecule has 3 aliphatic heterocycles. The third-order valence-corrected chi connectivity index (χ3v) is 8.29. The average Bonchev–Trinajstić information content (AvgIpc) is 3.52. The van der Waals surface area contributed by atoms with Crippen molar-refractivity contribution in [3.8, 4) is 11.4 Å². The summed E-state index contributed by atoms with van der Waals surface area (Å²) in [5, 5.41) is 11.8. The van der Waals surface area contributed by atoms with E-state index in [4.69, 9.17) is 0 Å². The van der Waals surface area contributed by atoms with Crippen molar-refractivity contribution in [3.05, 3.63) is 59.9 Å². The first-order valence-corrected chi connectivity index (χ1v) is 13.5. The normalized spacial score (nSPS) is 20.6. The van der Waals surface area contributed by atoms with Crippen molar-refractivity contribution >= 4 is 27.5 Å². The minimum absolute atomic E-state index is 0.170. The summed E-state index contributed by atoms with van der Waals surface area (Å²) in [5.74, 6) is 2.09. The fraction of sp³-hybridized carbons (Fsp3) is 0.360. The highest BCUT2D eigenvalue weighted by molar-refractivity contribution is 7.90. The Hall–Kier alpha value is -3.53. The molecule has 1 fully saturated rings. The highest BCUT2D eigenvalue weighted by Gasteiger charge is 2.39. The maximum Gasteiger partial charge on any atom is 0.285 e. The zero-order chi connectivity index (χ0) is 24.0. The lowest BCUT2D eigenvalue weighted by Gasteiger charge is -2.25. The molecule has 1 N–H and O–H groups in total. The summed E-state index contributed by atoms with van der Waals surface area (Å²) in [6.45, 7) is 1.51. The molecule has 9 nitrogen and oxygen atoms in total. The molecule has 10 heteroatoms. The van der Waals surface area contributed by atoms with Gasteiger partial charge >= 0.3 is 0 Å². The number of carbonyl (C=O) groups is 1. The molecule has 0 unspecified atom stereocenters. The van der Waals surface area contributed by atoms with Crippen LogP contribution < -0.4 is 5.32 Å². The quantitative estimate of drug-likeness (QED) is 0.604. The molecule has 0 bridgehead atoms. The number of hydrogen-bond donors (Lipinski definition) is 1. The van der Waals surface area contributed by atoms with Crippen molar-refractivity contribution in [1.29, 1.82) is 0 Å². The van der Waals surface area contributed by atoms with E-state index in [1.165, 1.54) is 6.42 Å². The third kappa shape index (κ3) is 3.91. The Morgan fingerprint density at radius 1 is 0.943 bits per heavy atom. The number of benzene rings is 2. The van der Waals surface area contributed by atoms with Gasteiger partial charge < -0.3 is 14.8 Å². The van der Waals surface area contributed by atoms with E-state index in [1.807, 2.05) is 29.2 Å². The Labute approximate surface area is 203 Å². The molecule has 0 spiro atoms. The van der Waals surface area contributed by atoms with Gasteiger partial charge in [-0.15, -0.1) is 14.6 Å². The van der Waals surface area contributed by atoms with Crippen LogP contribution in [0.1, 0.15) is 43.5 Å². The van der Waals surface area contributed by atoms with Crippen molar-refractivity contribution in [3.63, 3.8) is 0 Å². The number of nitrogens with zero attached hydrogens (tertiary/aromatic N) is 5. The van der Waals surface area contributed by atoms with Crippen LogP contribution in [-0.2, 0) is 27.8 Å². The second-order valence-electron chi connectivity index (χ2n) is 9.21. The predicted molar refractivity (Wildman–Crippen MR) is 132 cm³/mol. The molecular weight excluding hydrogens is 464 g/mol. The average molecular weight is 491 g/mol. The Morgan fingerprint density at radius 3 is 2.63 bits per heavy atom. The maximum atomic E-state index is 13.2. The molecule has 0 aliphatic carbocycles. The standard InChI is InChI=1S/C25H26N6O3S/c32-25(20-8-6-16-30(20)24-19-7-3-4-9-21(19)35(33,34)29-24)26-18-13-11-17(12-14-18)23-28-27-22-10-2-1-5-15-31(22)23/h3-4,7,9,11-14,20H,1-2,5-6,8,10,15-16H2,(H,26,32)/t20-/m0/s1. The van der Waals surface area contributed by atoms with Gasteiger partial charge in [-0.3, -0.25) is 4.79 Å². The molecule has 180 valence electrons. The zero-order valence-electron chi connectivity index (χ0n) is 19.2. The van der Waals surface area contributed by atoms with Crippen molar-refractivity contribution < 1.29 is 13.2 Å². The Balaban J connectivity index is 1.20. The smallest absolute Gasteiger partial charge is 0.285 e. The van der Waals surface area contributed by atoms with Gasteiger partial charge in [0.1, 0.15) is 16.8 Å². The fourth-order valence-corrected chi connectivity index (χ4v) is 6.43. The topological polar surface area (TPSA) is 110 Å². The van der Waals surface area contributed by atoms with Gasteiger partial charge in [0.25, 0.3) is 10.0 Å². The van der Waals surface area contributed by atoms with E-state index >= 15 is 0 Å². The lowest BCUT2D eigenvalue weighted by atomic mass is 10.1. The molecule has 1 aromatic heterocycles. The van der Waals surface area contributed by atoms with Crippen LogP contribution in [-0.4, -0.2) is 52.4 Å². The number of fused-ring (bicyclic) bond motifs is 2. The van der Waals surface area contributed by atoms with Crippen molar-refractivity contribution in [2.24, 2.45) is 4.40 Å². The number of carbonyl (C=O) groups excluding carboxylic acids is 1. The lowest BCUT2D eigenvalue weighted by Crippen LogP contribution is -2.43. The first kappa shape index (κ1) is 22.0. The number of amidine groups is 1. The van der Waals surface area contributed by atoms with Gasteiger partial charge in [0.05, 0.1) is 0 Å². The molecule has 6 rings (SSSR count). The van der Waals surface area contributed by atoms with Crippen LogP contribution in [0.3, 0.4) is 0 Å². The second-order valence-corrected chi connectivity index (χ2v) is 10.8. The van der Waals surface area contributed by atoms with Gasteiger partial charge in [0.2, 0.25) is 5.91 Å². The molecule has 3 aromatic rings. The summed E-state index contributed by atoms with van der Waals surface area (Å²) in [7, 11) is -3.73. The van der Waals surface area contributed by atoms with E-state index in [-0.39, 0.29) is 10.8 Å². The van der Waals surface area contributed by atoms with Crippen LogP contribution in [0.25, 0.3) is 11.4 Å². The summed E-state index contributed by atoms with van der Waals surface area (Å²) >= 11 is 0. The van der Waals surface area contributed by atoms with Crippen LogP contribution >= 0.6 is 0 Å². The molecule has 1 atom stereocenters. The van der Waals surface area contributed by atoms with Gasteiger partial charge in [-0.1, -0.05) is 18.6 Å². The van der Waals surface area contributed by atoms with Crippen LogP contribution in [0.5, 0.6) is 0 Å². The third-order valence-electron chi connectivity index (χ3n) is 6.96. The van der Waals surface area contributed by atoms with Crippen molar-refractivity contribution in [2.75, 3.05) is 11.9 Å². The van der Waals surface area contributed by atoms with E-state index in [9.17, 15) is 13.2 Å². The van der Waals surface area contributed by atoms with E-state index < -0.39 is 16.1 Å². The summed E-state index contributed by atoms with van der Waals surface area (Å²) in [4.78, 5) is 15.2. The largest absolute Gasteiger partial charge is 0.343 e. The molecule has 1 amide bonds. The van der Waals surface area contributed by atoms with E-state index in [0.717, 1.165) is 49.4 Å². The first-order valence-electron chi connectivity index (χ1n) is 12.1. The molecule has 35 heavy (non-hydrogen) atoms. The van der Waals surface area contributed by atoms with Gasteiger partial charge in [-0.2, -0.15) is 8.42 Å². The fourth-order valence-electron chi connectivity index (χ4n) is 5.22. The summed E-state index contributed by atoms with van der Waals surface area (Å²) in [6, 6.07) is 13.9. The number of amides is 1. The number of likely N-dealkylation sites (tertiary alicyclic amines) is 1. The monoisotopic (exact) mass is 490 g/mol.